The molecule has 11 heavy (non-hydrogen) atoms. The number of rotatable bonds is 3. The van der Waals surface area contributed by atoms with E-state index in [-0.39, 0.29) is 6.04 Å². The fraction of sp³-hybridized carbons (Fsp3) is 0.333. The highest BCUT2D eigenvalue weighted by atomic mass is 14.9. The Bertz CT molecular complexity index is 231. The molecule has 1 unspecified atom stereocenters. The van der Waals surface area contributed by atoms with Crippen molar-refractivity contribution < 1.29 is 0 Å². The minimum atomic E-state index is 0.143. The highest BCUT2D eigenvalue weighted by molar-refractivity contribution is 5.08. The van der Waals surface area contributed by atoms with Gasteiger partial charge in [-0.25, -0.2) is 0 Å². The minimum Gasteiger partial charge on any atom is -0.367 e. The van der Waals surface area contributed by atoms with Crippen molar-refractivity contribution >= 4 is 0 Å². The van der Waals surface area contributed by atoms with Crippen LogP contribution in [0.5, 0.6) is 0 Å². The molecule has 58 valence electrons. The van der Waals surface area contributed by atoms with E-state index in [9.17, 15) is 0 Å². The highest BCUT2D eigenvalue weighted by Crippen LogP contribution is 1.95. The van der Waals surface area contributed by atoms with Crippen LogP contribution in [0.3, 0.4) is 0 Å². The molecule has 0 amide bonds. The van der Waals surface area contributed by atoms with Crippen LogP contribution in [0.2, 0.25) is 0 Å². The first-order chi connectivity index (χ1) is 5.33. The lowest BCUT2D eigenvalue weighted by molar-refractivity contribution is 0.648. The lowest BCUT2D eigenvalue weighted by Crippen LogP contribution is -2.23. The molecule has 0 fully saturated rings. The largest absolute Gasteiger partial charge is 0.367 e. The van der Waals surface area contributed by atoms with Crippen molar-refractivity contribution in [2.45, 2.75) is 19.5 Å². The summed E-state index contributed by atoms with van der Waals surface area (Å²) in [7, 11) is 0. The van der Waals surface area contributed by atoms with Crippen LogP contribution in [0.1, 0.15) is 12.5 Å². The van der Waals surface area contributed by atoms with Crippen LogP contribution in [-0.4, -0.2) is 11.0 Å². The summed E-state index contributed by atoms with van der Waals surface area (Å²) in [6.07, 6.45) is 9.05. The Hall–Kier alpha value is -1.20. The second kappa shape index (κ2) is 3.85. The maximum atomic E-state index is 5.19. The first-order valence-corrected chi connectivity index (χ1v) is 3.64. The topological polar surface area (TPSA) is 27.8 Å². The fourth-order valence-corrected chi connectivity index (χ4v) is 0.798. The molecule has 0 aliphatic rings. The molecule has 2 heteroatoms. The maximum absolute atomic E-state index is 5.19. The lowest BCUT2D eigenvalue weighted by Gasteiger charge is -2.04. The van der Waals surface area contributed by atoms with Crippen LogP contribution in [0.15, 0.2) is 18.5 Å². The Morgan fingerprint density at radius 3 is 3.18 bits per heavy atom. The normalized spacial score (nSPS) is 12.4. The summed E-state index contributed by atoms with van der Waals surface area (Å²) in [6.45, 7) is 2.79. The van der Waals surface area contributed by atoms with E-state index in [4.69, 9.17) is 6.42 Å². The van der Waals surface area contributed by atoms with Crippen molar-refractivity contribution in [3.63, 3.8) is 0 Å². The molecule has 1 atom stereocenters. The zero-order chi connectivity index (χ0) is 8.10. The molecular weight excluding hydrogens is 136 g/mol. The molecule has 0 aromatic carbocycles. The van der Waals surface area contributed by atoms with Gasteiger partial charge in [0.2, 0.25) is 0 Å². The first-order valence-electron chi connectivity index (χ1n) is 3.64. The molecule has 0 saturated carbocycles. The summed E-state index contributed by atoms with van der Waals surface area (Å²) < 4.78 is 0. The number of nitrogens with one attached hydrogen (secondary N) is 2. The van der Waals surface area contributed by atoms with Gasteiger partial charge in [-0.05, 0) is 18.6 Å². The van der Waals surface area contributed by atoms with Crippen LogP contribution in [-0.2, 0) is 6.54 Å². The third-order valence-electron chi connectivity index (χ3n) is 1.52. The van der Waals surface area contributed by atoms with Gasteiger partial charge >= 0.3 is 0 Å². The summed E-state index contributed by atoms with van der Waals surface area (Å²) in [5, 5.41) is 3.18. The summed E-state index contributed by atoms with van der Waals surface area (Å²) in [4.78, 5) is 2.98. The van der Waals surface area contributed by atoms with Gasteiger partial charge in [-0.2, -0.15) is 0 Å². The van der Waals surface area contributed by atoms with E-state index in [0.29, 0.717) is 0 Å². The number of aromatic amines is 1. The van der Waals surface area contributed by atoms with Gasteiger partial charge in [0.1, 0.15) is 0 Å². The van der Waals surface area contributed by atoms with Crippen LogP contribution >= 0.6 is 0 Å². The van der Waals surface area contributed by atoms with Crippen molar-refractivity contribution in [3.8, 4) is 12.3 Å². The fourth-order valence-electron chi connectivity index (χ4n) is 0.798. The Morgan fingerprint density at radius 2 is 2.64 bits per heavy atom. The van der Waals surface area contributed by atoms with Gasteiger partial charge in [0.15, 0.2) is 0 Å². The van der Waals surface area contributed by atoms with E-state index >= 15 is 0 Å². The van der Waals surface area contributed by atoms with E-state index in [1.54, 1.807) is 0 Å². The van der Waals surface area contributed by atoms with Gasteiger partial charge in [-0.3, -0.25) is 5.32 Å². The molecule has 0 aliphatic heterocycles. The standard InChI is InChI=1S/C9H12N2/c1-3-8(2)11-7-9-4-5-10-6-9/h1,4-6,8,10-11H,7H2,2H3. The van der Waals surface area contributed by atoms with E-state index in [1.165, 1.54) is 5.56 Å². The number of terminal acetylenes is 1. The second-order valence-electron chi connectivity index (χ2n) is 2.49. The zero-order valence-corrected chi connectivity index (χ0v) is 6.59. The second-order valence-corrected chi connectivity index (χ2v) is 2.49. The number of aromatic nitrogens is 1. The summed E-state index contributed by atoms with van der Waals surface area (Å²) in [5.74, 6) is 2.61. The van der Waals surface area contributed by atoms with Crippen molar-refractivity contribution in [2.75, 3.05) is 0 Å². The smallest absolute Gasteiger partial charge is 0.0660 e. The number of hydrogen-bond donors (Lipinski definition) is 2. The van der Waals surface area contributed by atoms with Crippen LogP contribution in [0, 0.1) is 12.3 Å². The SMILES string of the molecule is C#CC(C)NCc1cc[nH]c1. The summed E-state index contributed by atoms with van der Waals surface area (Å²) in [5.41, 5.74) is 1.23. The third-order valence-corrected chi connectivity index (χ3v) is 1.52. The molecular formula is C9H12N2. The van der Waals surface area contributed by atoms with Gasteiger partial charge < -0.3 is 4.98 Å². The predicted molar refractivity (Wildman–Crippen MR) is 45.9 cm³/mol. The predicted octanol–water partition coefficient (Wildman–Crippen LogP) is 1.13. The molecule has 0 radical (unpaired) electrons. The van der Waals surface area contributed by atoms with Crippen molar-refractivity contribution in [1.29, 1.82) is 0 Å². The van der Waals surface area contributed by atoms with Crippen LogP contribution in [0.25, 0.3) is 0 Å². The molecule has 2 nitrogen and oxygen atoms in total. The average Bonchev–Trinajstić information content (AvgIpc) is 2.52. The Morgan fingerprint density at radius 1 is 1.82 bits per heavy atom. The molecule has 0 spiro atoms. The highest BCUT2D eigenvalue weighted by Gasteiger charge is 1.95. The van der Waals surface area contributed by atoms with Crippen LogP contribution in [0.4, 0.5) is 0 Å². The molecule has 0 bridgehead atoms. The van der Waals surface area contributed by atoms with Crippen molar-refractivity contribution in [1.82, 2.24) is 10.3 Å². The maximum Gasteiger partial charge on any atom is 0.0660 e. The molecule has 0 aliphatic carbocycles. The molecule has 1 heterocycles. The Kier molecular flexibility index (Phi) is 2.76. The molecule has 1 rings (SSSR count). The molecule has 2 N–H and O–H groups in total. The Balaban J connectivity index is 2.30. The Labute approximate surface area is 67.0 Å². The van der Waals surface area contributed by atoms with Crippen molar-refractivity contribution in [3.05, 3.63) is 24.0 Å². The van der Waals surface area contributed by atoms with Gasteiger partial charge in [0, 0.05) is 18.9 Å². The van der Waals surface area contributed by atoms with E-state index in [2.05, 4.69) is 16.2 Å². The monoisotopic (exact) mass is 148 g/mol. The van der Waals surface area contributed by atoms with Gasteiger partial charge in [0.25, 0.3) is 0 Å². The lowest BCUT2D eigenvalue weighted by atomic mass is 10.3. The van der Waals surface area contributed by atoms with Gasteiger partial charge in [-0.1, -0.05) is 5.92 Å². The first kappa shape index (κ1) is 7.90. The van der Waals surface area contributed by atoms with Gasteiger partial charge in [0.05, 0.1) is 6.04 Å². The quantitative estimate of drug-likeness (QED) is 0.618. The van der Waals surface area contributed by atoms with E-state index in [1.807, 2.05) is 25.4 Å². The minimum absolute atomic E-state index is 0.143. The summed E-state index contributed by atoms with van der Waals surface area (Å²) >= 11 is 0. The van der Waals surface area contributed by atoms with Crippen molar-refractivity contribution in [2.24, 2.45) is 0 Å². The van der Waals surface area contributed by atoms with E-state index in [0.717, 1.165) is 6.54 Å². The summed E-state index contributed by atoms with van der Waals surface area (Å²) in [6, 6.07) is 2.17. The third kappa shape index (κ3) is 2.48. The van der Waals surface area contributed by atoms with Crippen LogP contribution < -0.4 is 5.32 Å². The van der Waals surface area contributed by atoms with E-state index < -0.39 is 0 Å². The number of hydrogen-bond acceptors (Lipinski definition) is 1. The number of H-pyrrole nitrogens is 1. The van der Waals surface area contributed by atoms with Gasteiger partial charge in [-0.15, -0.1) is 6.42 Å². The average molecular weight is 148 g/mol. The molecule has 1 aromatic heterocycles. The molecule has 0 saturated heterocycles. The molecule has 1 aromatic rings. The zero-order valence-electron chi connectivity index (χ0n) is 6.59.